The van der Waals surface area contributed by atoms with Crippen molar-refractivity contribution in [2.24, 2.45) is 11.8 Å². The maximum atomic E-state index is 13.0. The molecule has 0 bridgehead atoms. The van der Waals surface area contributed by atoms with Crippen molar-refractivity contribution in [1.82, 2.24) is 14.8 Å². The number of carbonyl (C=O) groups is 2. The van der Waals surface area contributed by atoms with Crippen LogP contribution in [0.15, 0.2) is 60.3 Å². The zero-order chi connectivity index (χ0) is 29.3. The highest BCUT2D eigenvalue weighted by Gasteiger charge is 2.34. The van der Waals surface area contributed by atoms with Crippen molar-refractivity contribution in [1.29, 1.82) is 0 Å². The van der Waals surface area contributed by atoms with Crippen LogP contribution in [0.2, 0.25) is 0 Å². The lowest BCUT2D eigenvalue weighted by Gasteiger charge is -2.34. The molecular formula is C31H45N3O6. The quantitative estimate of drug-likeness (QED) is 0.242. The number of hydrogen-bond donors (Lipinski definition) is 2. The van der Waals surface area contributed by atoms with E-state index in [9.17, 15) is 19.8 Å². The molecule has 2 N–H and O–H groups in total. The molecule has 1 fully saturated rings. The first-order valence-electron chi connectivity index (χ1n) is 14.2. The van der Waals surface area contributed by atoms with E-state index in [2.05, 4.69) is 16.8 Å². The number of hydrogen-bond acceptors (Lipinski definition) is 8. The summed E-state index contributed by atoms with van der Waals surface area (Å²) in [5, 5.41) is 21.1. The van der Waals surface area contributed by atoms with Gasteiger partial charge in [-0.2, -0.15) is 0 Å². The Bertz CT molecular complexity index is 1060. The standard InChI is InChI=1S/C31H45N3O6/c1-22(26-11-6-7-16-32-26)9-8-10-24(3)29-25(4)12-13-27(39-30(36)34-19-17-33(5)18-20-34)23(2)14-15-31(37,38)21-28(35)40-29/h6-13,16,22-23,25,27,29,37-38H,14-15,17-21H2,1-5H3/b9-8+,13-12+,24-10+/t22-,23?,25?,27?,29?/m1/s1. The number of cyclic esters (lactones) is 1. The number of ether oxygens (including phenoxy) is 2. The minimum Gasteiger partial charge on any atom is -0.457 e. The molecule has 9 nitrogen and oxygen atoms in total. The smallest absolute Gasteiger partial charge is 0.410 e. The summed E-state index contributed by atoms with van der Waals surface area (Å²) in [4.78, 5) is 33.9. The Morgan fingerprint density at radius 2 is 1.93 bits per heavy atom. The molecule has 0 saturated carbocycles. The van der Waals surface area contributed by atoms with E-state index < -0.39 is 30.4 Å². The highest BCUT2D eigenvalue weighted by atomic mass is 16.6. The number of likely N-dealkylation sites (N-methyl/N-ethyl adjacent to an activating group) is 1. The SMILES string of the molecule is C/C(=C\C=C\[C@@H](C)c1ccccn1)C1OC(=O)CC(O)(O)CCC(C)C(OC(=O)N2CCN(C)CC2)/C=C/C1C. The van der Waals surface area contributed by atoms with Gasteiger partial charge in [-0.3, -0.25) is 9.78 Å². The summed E-state index contributed by atoms with van der Waals surface area (Å²) < 4.78 is 11.7. The molecule has 1 saturated heterocycles. The zero-order valence-corrected chi connectivity index (χ0v) is 24.4. The van der Waals surface area contributed by atoms with Crippen LogP contribution in [0.3, 0.4) is 0 Å². The maximum Gasteiger partial charge on any atom is 0.410 e. The predicted octanol–water partition coefficient (Wildman–Crippen LogP) is 4.05. The van der Waals surface area contributed by atoms with E-state index in [1.807, 2.05) is 76.4 Å². The molecule has 0 radical (unpaired) electrons. The normalized spacial score (nSPS) is 28.7. The third-order valence-corrected chi connectivity index (χ3v) is 7.69. The van der Waals surface area contributed by atoms with Crippen LogP contribution in [0.5, 0.6) is 0 Å². The van der Waals surface area contributed by atoms with E-state index in [4.69, 9.17) is 9.47 Å². The fraction of sp³-hybridized carbons (Fsp3) is 0.581. The predicted molar refractivity (Wildman–Crippen MR) is 153 cm³/mol. The van der Waals surface area contributed by atoms with Crippen LogP contribution < -0.4 is 0 Å². The van der Waals surface area contributed by atoms with Crippen molar-refractivity contribution in [2.45, 2.75) is 70.9 Å². The van der Waals surface area contributed by atoms with Crippen molar-refractivity contribution < 1.29 is 29.3 Å². The lowest BCUT2D eigenvalue weighted by molar-refractivity contribution is -0.192. The lowest BCUT2D eigenvalue weighted by atomic mass is 9.91. The topological polar surface area (TPSA) is 112 Å². The van der Waals surface area contributed by atoms with E-state index in [0.717, 1.165) is 24.4 Å². The molecule has 40 heavy (non-hydrogen) atoms. The maximum absolute atomic E-state index is 13.0. The van der Waals surface area contributed by atoms with Gasteiger partial charge in [0.05, 0.1) is 6.42 Å². The summed E-state index contributed by atoms with van der Waals surface area (Å²) in [7, 11) is 2.02. The Morgan fingerprint density at radius 3 is 2.60 bits per heavy atom. The molecule has 3 heterocycles. The average molecular weight is 556 g/mol. The Balaban J connectivity index is 1.80. The van der Waals surface area contributed by atoms with Crippen molar-refractivity contribution >= 4 is 12.1 Å². The van der Waals surface area contributed by atoms with E-state index in [1.165, 1.54) is 0 Å². The molecule has 9 heteroatoms. The molecule has 1 aromatic rings. The third kappa shape index (κ3) is 9.57. The number of esters is 1. The van der Waals surface area contributed by atoms with Gasteiger partial charge < -0.3 is 29.5 Å². The van der Waals surface area contributed by atoms with Gasteiger partial charge in [0.25, 0.3) is 0 Å². The summed E-state index contributed by atoms with van der Waals surface area (Å²) >= 11 is 0. The van der Waals surface area contributed by atoms with Gasteiger partial charge in [-0.25, -0.2) is 4.79 Å². The molecule has 0 spiro atoms. The van der Waals surface area contributed by atoms with Gasteiger partial charge in [0, 0.05) is 56.3 Å². The first kappa shape index (κ1) is 31.5. The highest BCUT2D eigenvalue weighted by molar-refractivity contribution is 5.71. The van der Waals surface area contributed by atoms with Crippen molar-refractivity contribution in [3.8, 4) is 0 Å². The Labute approximate surface area is 238 Å². The lowest BCUT2D eigenvalue weighted by Crippen LogP contribution is -2.48. The molecule has 3 rings (SSSR count). The van der Waals surface area contributed by atoms with E-state index >= 15 is 0 Å². The van der Waals surface area contributed by atoms with Gasteiger partial charge in [-0.1, -0.05) is 51.1 Å². The number of aliphatic hydroxyl groups is 2. The van der Waals surface area contributed by atoms with Gasteiger partial charge in [-0.15, -0.1) is 0 Å². The molecular weight excluding hydrogens is 510 g/mol. The number of pyridine rings is 1. The minimum absolute atomic E-state index is 0.0527. The summed E-state index contributed by atoms with van der Waals surface area (Å²) in [6.07, 6.45) is 9.52. The van der Waals surface area contributed by atoms with Crippen LogP contribution in [-0.2, 0) is 14.3 Å². The third-order valence-electron chi connectivity index (χ3n) is 7.69. The van der Waals surface area contributed by atoms with E-state index in [0.29, 0.717) is 19.5 Å². The van der Waals surface area contributed by atoms with Crippen molar-refractivity contribution in [2.75, 3.05) is 33.2 Å². The van der Waals surface area contributed by atoms with Crippen LogP contribution in [0.25, 0.3) is 0 Å². The first-order valence-corrected chi connectivity index (χ1v) is 14.2. The van der Waals surface area contributed by atoms with Gasteiger partial charge in [0.2, 0.25) is 0 Å². The van der Waals surface area contributed by atoms with Gasteiger partial charge in [0.1, 0.15) is 12.2 Å². The molecule has 1 aromatic heterocycles. The van der Waals surface area contributed by atoms with Crippen LogP contribution in [0.1, 0.15) is 58.6 Å². The number of rotatable bonds is 5. The van der Waals surface area contributed by atoms with Crippen molar-refractivity contribution in [3.63, 3.8) is 0 Å². The number of carbonyl (C=O) groups excluding carboxylic acids is 2. The number of piperazine rings is 1. The molecule has 0 aromatic carbocycles. The highest BCUT2D eigenvalue weighted by Crippen LogP contribution is 2.27. The molecule has 2 aliphatic rings. The molecule has 1 amide bonds. The van der Waals surface area contributed by atoms with Crippen LogP contribution in [0.4, 0.5) is 4.79 Å². The Kier molecular flexibility index (Phi) is 11.5. The number of nitrogens with zero attached hydrogens (tertiary/aromatic N) is 3. The average Bonchev–Trinajstić information content (AvgIpc) is 2.92. The first-order chi connectivity index (χ1) is 18.9. The molecule has 220 valence electrons. The molecule has 5 atom stereocenters. The Hall–Kier alpha value is -3.01. The van der Waals surface area contributed by atoms with Crippen LogP contribution >= 0.6 is 0 Å². The fourth-order valence-electron chi connectivity index (χ4n) is 4.86. The van der Waals surface area contributed by atoms with E-state index in [-0.39, 0.29) is 30.3 Å². The monoisotopic (exact) mass is 555 g/mol. The van der Waals surface area contributed by atoms with Gasteiger partial charge in [0.15, 0.2) is 5.79 Å². The second-order valence-corrected chi connectivity index (χ2v) is 11.3. The number of amides is 1. The van der Waals surface area contributed by atoms with Gasteiger partial charge >= 0.3 is 12.1 Å². The molecule has 4 unspecified atom stereocenters. The molecule has 2 aliphatic heterocycles. The summed E-state index contributed by atoms with van der Waals surface area (Å²) in [5.41, 5.74) is 1.75. The minimum atomic E-state index is -2.22. The van der Waals surface area contributed by atoms with Crippen LogP contribution in [0, 0.1) is 11.8 Å². The Morgan fingerprint density at radius 1 is 1.20 bits per heavy atom. The second-order valence-electron chi connectivity index (χ2n) is 11.3. The largest absolute Gasteiger partial charge is 0.457 e. The summed E-state index contributed by atoms with van der Waals surface area (Å²) in [6.45, 7) is 10.5. The summed E-state index contributed by atoms with van der Waals surface area (Å²) in [5.74, 6) is -3.25. The zero-order valence-electron chi connectivity index (χ0n) is 24.4. The van der Waals surface area contributed by atoms with Crippen molar-refractivity contribution in [3.05, 3.63) is 66.0 Å². The second kappa shape index (κ2) is 14.6. The van der Waals surface area contributed by atoms with Gasteiger partial charge in [-0.05, 0) is 50.1 Å². The molecule has 0 aliphatic carbocycles. The number of allylic oxidation sites excluding steroid dienone is 3. The summed E-state index contributed by atoms with van der Waals surface area (Å²) in [6, 6.07) is 5.80. The number of aromatic nitrogens is 1. The fourth-order valence-corrected chi connectivity index (χ4v) is 4.86. The van der Waals surface area contributed by atoms with Crippen LogP contribution in [-0.4, -0.2) is 88.3 Å². The van der Waals surface area contributed by atoms with E-state index in [1.54, 1.807) is 11.1 Å².